The maximum absolute atomic E-state index is 13.3. The average Bonchev–Trinajstić information content (AvgIpc) is 2.85. The molecule has 0 saturated heterocycles. The maximum atomic E-state index is 13.3. The van der Waals surface area contributed by atoms with Crippen molar-refractivity contribution in [3.05, 3.63) is 62.6 Å². The molecule has 0 aliphatic carbocycles. The van der Waals surface area contributed by atoms with Crippen LogP contribution in [0.2, 0.25) is 0 Å². The molecule has 2 heterocycles. The topological polar surface area (TPSA) is 66.1 Å². The Morgan fingerprint density at radius 2 is 2.10 bits per heavy atom. The van der Waals surface area contributed by atoms with Gasteiger partial charge in [-0.3, -0.25) is 9.59 Å². The molecule has 0 spiro atoms. The molecule has 1 aliphatic heterocycles. The van der Waals surface area contributed by atoms with Gasteiger partial charge in [0.15, 0.2) is 0 Å². The molecule has 5 nitrogen and oxygen atoms in total. The molecule has 1 aromatic heterocycles. The molecule has 0 atom stereocenters. The third kappa shape index (κ3) is 2.33. The van der Waals surface area contributed by atoms with Gasteiger partial charge in [0.05, 0.1) is 24.3 Å². The van der Waals surface area contributed by atoms with E-state index in [1.165, 1.54) is 17.0 Å². The van der Waals surface area contributed by atoms with Crippen molar-refractivity contribution in [2.75, 3.05) is 0 Å². The SMILES string of the molecule is Cc1nc2c(c(=O)[nH]1)CN(C(=O)c1cc(F)ccc1C)C2. The van der Waals surface area contributed by atoms with Gasteiger partial charge in [-0.05, 0) is 31.5 Å². The number of aromatic nitrogens is 2. The van der Waals surface area contributed by atoms with Crippen LogP contribution in [0.4, 0.5) is 4.39 Å². The van der Waals surface area contributed by atoms with Crippen LogP contribution in [0.25, 0.3) is 0 Å². The molecule has 6 heteroatoms. The number of hydrogen-bond acceptors (Lipinski definition) is 3. The first-order valence-electron chi connectivity index (χ1n) is 6.60. The predicted molar refractivity (Wildman–Crippen MR) is 74.3 cm³/mol. The second kappa shape index (κ2) is 4.80. The highest BCUT2D eigenvalue weighted by Gasteiger charge is 2.28. The Morgan fingerprint density at radius 3 is 2.86 bits per heavy atom. The number of benzene rings is 1. The van der Waals surface area contributed by atoms with Gasteiger partial charge in [0.25, 0.3) is 11.5 Å². The van der Waals surface area contributed by atoms with E-state index in [1.54, 1.807) is 19.9 Å². The summed E-state index contributed by atoms with van der Waals surface area (Å²) in [6, 6.07) is 4.12. The lowest BCUT2D eigenvalue weighted by Crippen LogP contribution is -2.27. The fraction of sp³-hybridized carbons (Fsp3) is 0.267. The van der Waals surface area contributed by atoms with E-state index >= 15 is 0 Å². The van der Waals surface area contributed by atoms with Gasteiger partial charge in [-0.15, -0.1) is 0 Å². The maximum Gasteiger partial charge on any atom is 0.256 e. The van der Waals surface area contributed by atoms with Crippen LogP contribution >= 0.6 is 0 Å². The number of aromatic amines is 1. The van der Waals surface area contributed by atoms with Crippen LogP contribution in [0.3, 0.4) is 0 Å². The van der Waals surface area contributed by atoms with Gasteiger partial charge in [-0.2, -0.15) is 0 Å². The van der Waals surface area contributed by atoms with Crippen molar-refractivity contribution in [1.82, 2.24) is 14.9 Å². The van der Waals surface area contributed by atoms with Gasteiger partial charge in [0.1, 0.15) is 11.6 Å². The minimum absolute atomic E-state index is 0.201. The number of nitrogens with zero attached hydrogens (tertiary/aromatic N) is 2. The molecule has 21 heavy (non-hydrogen) atoms. The highest BCUT2D eigenvalue weighted by atomic mass is 19.1. The summed E-state index contributed by atoms with van der Waals surface area (Å²) in [4.78, 5) is 32.8. The van der Waals surface area contributed by atoms with Crippen molar-refractivity contribution in [3.63, 3.8) is 0 Å². The number of nitrogens with one attached hydrogen (secondary N) is 1. The Labute approximate surface area is 120 Å². The zero-order valence-corrected chi connectivity index (χ0v) is 11.7. The molecule has 2 aromatic rings. The summed E-state index contributed by atoms with van der Waals surface area (Å²) in [6.45, 7) is 3.93. The van der Waals surface area contributed by atoms with E-state index in [2.05, 4.69) is 9.97 Å². The minimum atomic E-state index is -0.451. The number of rotatable bonds is 1. The standard InChI is InChI=1S/C15H14FN3O2/c1-8-3-4-10(16)5-11(8)15(21)19-6-12-13(7-19)17-9(2)18-14(12)20/h3-5H,6-7H2,1-2H3,(H,17,18,20). The lowest BCUT2D eigenvalue weighted by Gasteiger charge is -2.16. The number of aryl methyl sites for hydroxylation is 2. The van der Waals surface area contributed by atoms with Crippen LogP contribution in [-0.2, 0) is 13.1 Å². The molecule has 0 bridgehead atoms. The lowest BCUT2D eigenvalue weighted by atomic mass is 10.1. The molecule has 0 fully saturated rings. The first-order chi connectivity index (χ1) is 9.95. The van der Waals surface area contributed by atoms with Crippen molar-refractivity contribution in [3.8, 4) is 0 Å². The number of H-pyrrole nitrogens is 1. The number of halogens is 1. The van der Waals surface area contributed by atoms with E-state index in [0.717, 1.165) is 0 Å². The summed E-state index contributed by atoms with van der Waals surface area (Å²) >= 11 is 0. The normalized spacial score (nSPS) is 13.4. The van der Waals surface area contributed by atoms with Crippen molar-refractivity contribution < 1.29 is 9.18 Å². The average molecular weight is 287 g/mol. The smallest absolute Gasteiger partial charge is 0.256 e. The van der Waals surface area contributed by atoms with E-state index in [-0.39, 0.29) is 24.6 Å². The van der Waals surface area contributed by atoms with Crippen molar-refractivity contribution in [1.29, 1.82) is 0 Å². The number of amides is 1. The second-order valence-corrected chi connectivity index (χ2v) is 5.20. The minimum Gasteiger partial charge on any atom is -0.328 e. The van der Waals surface area contributed by atoms with Crippen LogP contribution in [0.15, 0.2) is 23.0 Å². The summed E-state index contributed by atoms with van der Waals surface area (Å²) in [7, 11) is 0. The van der Waals surface area contributed by atoms with Crippen LogP contribution < -0.4 is 5.56 Å². The molecule has 0 radical (unpaired) electrons. The third-order valence-corrected chi connectivity index (χ3v) is 3.63. The van der Waals surface area contributed by atoms with Crippen molar-refractivity contribution >= 4 is 5.91 Å². The van der Waals surface area contributed by atoms with Gasteiger partial charge in [-0.25, -0.2) is 9.37 Å². The molecular formula is C15H14FN3O2. The third-order valence-electron chi connectivity index (χ3n) is 3.63. The Morgan fingerprint density at radius 1 is 1.33 bits per heavy atom. The Bertz CT molecular complexity index is 798. The first-order valence-corrected chi connectivity index (χ1v) is 6.60. The molecule has 1 N–H and O–H groups in total. The highest BCUT2D eigenvalue weighted by molar-refractivity contribution is 5.95. The van der Waals surface area contributed by atoms with Crippen molar-refractivity contribution in [2.45, 2.75) is 26.9 Å². The largest absolute Gasteiger partial charge is 0.328 e. The fourth-order valence-corrected chi connectivity index (χ4v) is 2.53. The second-order valence-electron chi connectivity index (χ2n) is 5.20. The Hall–Kier alpha value is -2.50. The van der Waals surface area contributed by atoms with Gasteiger partial charge in [-0.1, -0.05) is 6.07 Å². The van der Waals surface area contributed by atoms with E-state index in [0.29, 0.717) is 28.2 Å². The number of hydrogen-bond donors (Lipinski definition) is 1. The zero-order chi connectivity index (χ0) is 15.1. The lowest BCUT2D eigenvalue weighted by molar-refractivity contribution is 0.0749. The van der Waals surface area contributed by atoms with Crippen LogP contribution in [0.5, 0.6) is 0 Å². The number of fused-ring (bicyclic) bond motifs is 1. The zero-order valence-electron chi connectivity index (χ0n) is 11.7. The monoisotopic (exact) mass is 287 g/mol. The number of carbonyl (C=O) groups is 1. The van der Waals surface area contributed by atoms with E-state index in [9.17, 15) is 14.0 Å². The van der Waals surface area contributed by atoms with Crippen LogP contribution in [0, 0.1) is 19.7 Å². The van der Waals surface area contributed by atoms with Crippen LogP contribution in [-0.4, -0.2) is 20.8 Å². The Kier molecular flexibility index (Phi) is 3.08. The summed E-state index contributed by atoms with van der Waals surface area (Å²) in [5, 5.41) is 0. The summed E-state index contributed by atoms with van der Waals surface area (Å²) in [5.41, 5.74) is 1.91. The van der Waals surface area contributed by atoms with Crippen LogP contribution in [0.1, 0.15) is 33.0 Å². The molecule has 3 rings (SSSR count). The molecule has 1 aromatic carbocycles. The van der Waals surface area contributed by atoms with E-state index < -0.39 is 5.82 Å². The first kappa shape index (κ1) is 13.5. The summed E-state index contributed by atoms with van der Waals surface area (Å²) in [6.07, 6.45) is 0. The van der Waals surface area contributed by atoms with Crippen molar-refractivity contribution in [2.24, 2.45) is 0 Å². The predicted octanol–water partition coefficient (Wildman–Crippen LogP) is 1.68. The molecule has 108 valence electrons. The van der Waals surface area contributed by atoms with E-state index in [1.807, 2.05) is 0 Å². The quantitative estimate of drug-likeness (QED) is 0.868. The molecule has 1 amide bonds. The van der Waals surface area contributed by atoms with E-state index in [4.69, 9.17) is 0 Å². The molecule has 0 unspecified atom stereocenters. The molecular weight excluding hydrogens is 273 g/mol. The highest BCUT2D eigenvalue weighted by Crippen LogP contribution is 2.21. The molecule has 1 aliphatic rings. The fourth-order valence-electron chi connectivity index (χ4n) is 2.53. The molecule has 0 saturated carbocycles. The number of carbonyl (C=O) groups excluding carboxylic acids is 1. The van der Waals surface area contributed by atoms with Gasteiger partial charge in [0.2, 0.25) is 0 Å². The Balaban J connectivity index is 1.94. The van der Waals surface area contributed by atoms with Gasteiger partial charge in [0, 0.05) is 5.56 Å². The van der Waals surface area contributed by atoms with Gasteiger partial charge >= 0.3 is 0 Å². The summed E-state index contributed by atoms with van der Waals surface area (Å²) in [5.74, 6) is -0.218. The van der Waals surface area contributed by atoms with Gasteiger partial charge < -0.3 is 9.88 Å². The summed E-state index contributed by atoms with van der Waals surface area (Å²) < 4.78 is 13.3.